The van der Waals surface area contributed by atoms with Crippen molar-refractivity contribution in [2.45, 2.75) is 67.9 Å². The Labute approximate surface area is 453 Å². The first-order valence-electron chi connectivity index (χ1n) is 24.2. The molecule has 4 aromatic carbocycles. The number of hydrogen-bond acceptors (Lipinski definition) is 20. The van der Waals surface area contributed by atoms with Gasteiger partial charge in [-0.05, 0) is 86.6 Å². The van der Waals surface area contributed by atoms with Crippen molar-refractivity contribution in [1.82, 2.24) is 29.2 Å². The number of nitrogens with zero attached hydrogens (tertiary/aromatic N) is 8. The number of halogens is 2. The molecule has 0 saturated carbocycles. The predicted octanol–water partition coefficient (Wildman–Crippen LogP) is 6.01. The molecule has 80 heavy (non-hydrogen) atoms. The number of rotatable bonds is 12. The largest absolute Gasteiger partial charge is 0.459 e. The maximum atomic E-state index is 16.9. The van der Waals surface area contributed by atoms with Gasteiger partial charge in [-0.3, -0.25) is 4.79 Å². The van der Waals surface area contributed by atoms with Crippen LogP contribution in [0.1, 0.15) is 73.6 Å². The summed E-state index contributed by atoms with van der Waals surface area (Å²) in [6.45, 7) is 2.35. The molecule has 408 valence electrons. The van der Waals surface area contributed by atoms with E-state index in [2.05, 4.69) is 20.2 Å². The molecule has 0 aliphatic carbocycles. The summed E-state index contributed by atoms with van der Waals surface area (Å²) >= 11 is 0. The number of nitriles is 2. The number of ether oxygens (including phenoxy) is 6. The zero-order valence-electron chi connectivity index (χ0n) is 42.7. The number of fused-ring (bicyclic) bond motifs is 2. The molecule has 0 bridgehead atoms. The van der Waals surface area contributed by atoms with Gasteiger partial charge in [0.05, 0.1) is 27.9 Å². The minimum absolute atomic E-state index is 0.00625. The third-order valence-electron chi connectivity index (χ3n) is 13.0. The minimum Gasteiger partial charge on any atom is -0.459 e. The number of aromatic nitrogens is 6. The smallest absolute Gasteiger partial charge is 0.338 e. The van der Waals surface area contributed by atoms with Gasteiger partial charge in [0.15, 0.2) is 29.5 Å². The summed E-state index contributed by atoms with van der Waals surface area (Å²) in [5.74, 6) is -5.94. The lowest BCUT2D eigenvalue weighted by Gasteiger charge is -2.32. The number of carbonyl (C=O) groups is 5. The van der Waals surface area contributed by atoms with Crippen LogP contribution < -0.4 is 11.5 Å². The predicted molar refractivity (Wildman–Crippen MR) is 276 cm³/mol. The fourth-order valence-electron chi connectivity index (χ4n) is 8.90. The maximum absolute atomic E-state index is 16.9. The summed E-state index contributed by atoms with van der Waals surface area (Å²) in [6, 6.07) is 41.5. The number of carbonyl (C=O) groups excluding carboxylic acids is 5. The number of aliphatic hydroxyl groups is 1. The highest BCUT2D eigenvalue weighted by Gasteiger charge is 2.70. The molecule has 2 fully saturated rings. The van der Waals surface area contributed by atoms with E-state index in [1.165, 1.54) is 70.6 Å². The van der Waals surface area contributed by atoms with Gasteiger partial charge in [0.2, 0.25) is 22.8 Å². The molecule has 24 heteroatoms. The highest BCUT2D eigenvalue weighted by Crippen LogP contribution is 2.52. The van der Waals surface area contributed by atoms with Gasteiger partial charge >= 0.3 is 23.9 Å². The first-order valence-corrected chi connectivity index (χ1v) is 24.2. The fourth-order valence-corrected chi connectivity index (χ4v) is 8.90. The Morgan fingerprint density at radius 2 is 0.950 bits per heavy atom. The van der Waals surface area contributed by atoms with E-state index in [0.29, 0.717) is 11.0 Å². The Morgan fingerprint density at radius 1 is 0.588 bits per heavy atom. The topological polar surface area (TPSA) is 321 Å². The van der Waals surface area contributed by atoms with Crippen LogP contribution in [0.15, 0.2) is 158 Å². The normalized spacial score (nSPS) is 23.6. The molecule has 0 spiro atoms. The molecule has 8 atom stereocenters. The number of hydrogen-bond donors (Lipinski definition) is 3. The molecule has 6 heterocycles. The summed E-state index contributed by atoms with van der Waals surface area (Å²) in [7, 11) is 0. The molecule has 0 radical (unpaired) electrons. The van der Waals surface area contributed by atoms with Gasteiger partial charge in [0.1, 0.15) is 66.9 Å². The zero-order valence-corrected chi connectivity index (χ0v) is 42.7. The summed E-state index contributed by atoms with van der Waals surface area (Å²) in [5, 5.41) is 37.7. The number of anilines is 2. The first kappa shape index (κ1) is 56.2. The summed E-state index contributed by atoms with van der Waals surface area (Å²) < 4.78 is 69.7. The molecule has 2 unspecified atom stereocenters. The van der Waals surface area contributed by atoms with Crippen molar-refractivity contribution in [3.05, 3.63) is 192 Å². The molecule has 5 N–H and O–H groups in total. The van der Waals surface area contributed by atoms with Crippen LogP contribution in [0.25, 0.3) is 11.0 Å². The van der Waals surface area contributed by atoms with Crippen LogP contribution in [0, 0.1) is 22.7 Å². The van der Waals surface area contributed by atoms with Crippen LogP contribution in [0.2, 0.25) is 0 Å². The van der Waals surface area contributed by atoms with Crippen LogP contribution in [0.5, 0.6) is 0 Å². The molecular formula is C56H48F2N10O12. The van der Waals surface area contributed by atoms with E-state index in [4.69, 9.17) is 45.2 Å². The van der Waals surface area contributed by atoms with E-state index in [0.717, 1.165) is 26.5 Å². The van der Waals surface area contributed by atoms with Gasteiger partial charge in [-0.2, -0.15) is 20.7 Å². The number of Topliss-reactive ketones (excluding diaryl/α,β-unsaturated/α-hetero) is 1. The van der Waals surface area contributed by atoms with E-state index < -0.39 is 90.0 Å². The van der Waals surface area contributed by atoms with Gasteiger partial charge in [0.25, 0.3) is 0 Å². The number of esters is 4. The van der Waals surface area contributed by atoms with Gasteiger partial charge in [-0.15, -0.1) is 0 Å². The Hall–Kier alpha value is -10.0. The highest BCUT2D eigenvalue weighted by atomic mass is 19.1. The van der Waals surface area contributed by atoms with Crippen LogP contribution in [0.3, 0.4) is 0 Å². The number of benzene rings is 4. The van der Waals surface area contributed by atoms with E-state index in [-0.39, 0.29) is 45.3 Å². The molecule has 10 rings (SSSR count). The SMILES string of the molecule is CC(=O)C#N.C[C@@]1(F)[C@H](OC(=O)c2ccccc2)[C@@H](COC(=O)c2ccccc2)OC1(C#N)c1ccc2c(N)ncnn12.C[C@@]1(F)[C@H](OC(=O)c2ccccc2)[C@@H](COC(=O)c2ccccc2)OC1(O)c1ccc2c(N)ncnn12. The third-order valence-corrected chi connectivity index (χ3v) is 13.0. The van der Waals surface area contributed by atoms with Crippen LogP contribution >= 0.6 is 0 Å². The van der Waals surface area contributed by atoms with Crippen molar-refractivity contribution in [2.24, 2.45) is 0 Å². The number of alkyl halides is 2. The molecule has 4 aromatic heterocycles. The quantitative estimate of drug-likeness (QED) is 0.0717. The first-order chi connectivity index (χ1) is 38.3. The summed E-state index contributed by atoms with van der Waals surface area (Å²) in [5.41, 5.74) is 5.56. The Balaban J connectivity index is 0.000000194. The van der Waals surface area contributed by atoms with Crippen LogP contribution in [-0.4, -0.2) is 113 Å². The lowest BCUT2D eigenvalue weighted by molar-refractivity contribution is -0.256. The monoisotopic (exact) mass is 1090 g/mol. The van der Waals surface area contributed by atoms with Gasteiger partial charge in [0, 0.05) is 6.92 Å². The fraction of sp³-hybridized carbons (Fsp3) is 0.232. The van der Waals surface area contributed by atoms with Gasteiger partial charge in [-0.1, -0.05) is 72.8 Å². The van der Waals surface area contributed by atoms with Crippen molar-refractivity contribution in [1.29, 1.82) is 10.5 Å². The van der Waals surface area contributed by atoms with E-state index in [1.807, 2.05) is 6.07 Å². The van der Waals surface area contributed by atoms with Gasteiger partial charge in [-0.25, -0.2) is 47.0 Å². The van der Waals surface area contributed by atoms with Crippen molar-refractivity contribution in [2.75, 3.05) is 24.7 Å². The summed E-state index contributed by atoms with van der Waals surface area (Å²) in [6.07, 6.45) is -3.71. The second kappa shape index (κ2) is 23.3. The second-order valence-electron chi connectivity index (χ2n) is 18.2. The minimum atomic E-state index is -2.71. The number of nitrogens with two attached hydrogens (primary N) is 2. The van der Waals surface area contributed by atoms with E-state index >= 15 is 8.78 Å². The Bertz CT molecular complexity index is 3650. The van der Waals surface area contributed by atoms with Crippen LogP contribution in [-0.2, 0) is 44.6 Å². The van der Waals surface area contributed by atoms with Crippen LogP contribution in [0.4, 0.5) is 20.4 Å². The third kappa shape index (κ3) is 10.9. The maximum Gasteiger partial charge on any atom is 0.338 e. The van der Waals surface area contributed by atoms with Gasteiger partial charge < -0.3 is 45.0 Å². The van der Waals surface area contributed by atoms with Crippen molar-refractivity contribution in [3.63, 3.8) is 0 Å². The molecule has 22 nitrogen and oxygen atoms in total. The van der Waals surface area contributed by atoms with Crippen molar-refractivity contribution < 1.29 is 66.3 Å². The van der Waals surface area contributed by atoms with Crippen molar-refractivity contribution >= 4 is 52.3 Å². The summed E-state index contributed by atoms with van der Waals surface area (Å²) in [4.78, 5) is 68.2. The molecule has 0 amide bonds. The zero-order chi connectivity index (χ0) is 57.4. The molecule has 2 aliphatic rings. The molecule has 8 aromatic rings. The lowest BCUT2D eigenvalue weighted by atomic mass is 9.81. The lowest BCUT2D eigenvalue weighted by Crippen LogP contribution is -2.51. The molecular weight excluding hydrogens is 1040 g/mol. The standard InChI is InChI=1S/C27H22FN5O5.C26H23FN4O6.C3H3NO/c1-26(28)22(37-25(35)18-10-6-3-7-11-18)20(14-36-24(34)17-8-4-2-5-9-17)38-27(26,15-29)21-13-12-19-23(30)31-16-32-33(19)21;1-25(27)21(36-24(33)17-10-6-3-7-11-17)19(14-35-23(32)16-8-4-2-5-9-16)37-26(25,34)20-13-12-18-22(28)29-15-30-31(18)20;1-3(5)2-4/h2-13,16,20,22H,14H2,1H3,(H2,30,31,32);2-13,15,19,21,34H,14H2,1H3,(H2,28,29,30);1H3/t20-,22-,26-,27?;19-,21-,25-,26?;/m11./s1. The Kier molecular flexibility index (Phi) is 16.4. The highest BCUT2D eigenvalue weighted by molar-refractivity contribution is 5.92. The average molecular weight is 1090 g/mol. The Morgan fingerprint density at radius 3 is 1.35 bits per heavy atom. The molecule has 2 saturated heterocycles. The second-order valence-corrected chi connectivity index (χ2v) is 18.2. The van der Waals surface area contributed by atoms with E-state index in [1.54, 1.807) is 97.1 Å². The van der Waals surface area contributed by atoms with E-state index in [9.17, 15) is 34.3 Å². The molecule has 2 aliphatic heterocycles. The van der Waals surface area contributed by atoms with Crippen molar-refractivity contribution in [3.8, 4) is 12.1 Å². The number of ketones is 1. The average Bonchev–Trinajstić information content (AvgIpc) is 4.23. The number of nitrogen functional groups attached to an aromatic ring is 2.